The highest BCUT2D eigenvalue weighted by molar-refractivity contribution is 6.36. The molecule has 3 aliphatic rings. The zero-order valence-corrected chi connectivity index (χ0v) is 27.2. The molecule has 1 heterocycles. The molecule has 1 saturated heterocycles. The van der Waals surface area contributed by atoms with Crippen molar-refractivity contribution in [1.29, 1.82) is 0 Å². The van der Waals surface area contributed by atoms with Gasteiger partial charge in [-0.25, -0.2) is 0 Å². The zero-order valence-electron chi connectivity index (χ0n) is 27.2. The molecular weight excluding hydrogens is 520 g/mol. The van der Waals surface area contributed by atoms with Crippen LogP contribution in [0.5, 0.6) is 0 Å². The van der Waals surface area contributed by atoms with E-state index in [1.165, 1.54) is 11.1 Å². The van der Waals surface area contributed by atoms with Crippen molar-refractivity contribution < 1.29 is 19.1 Å². The third-order valence-electron chi connectivity index (χ3n) is 10.1. The van der Waals surface area contributed by atoms with Crippen molar-refractivity contribution in [3.8, 4) is 0 Å². The SMILES string of the molecule is CC(C)=CCC[C@]1(C)[C@@H](CC=C(C)C)C[C@]23C[C@@H](C(C)C)OC2=C(CC=C(C)C)C(=O)[C@@]1(C(=O)c1ccccc1)C3=O. The molecule has 42 heavy (non-hydrogen) atoms. The Morgan fingerprint density at radius 1 is 0.929 bits per heavy atom. The number of rotatable bonds is 10. The van der Waals surface area contributed by atoms with Crippen molar-refractivity contribution in [2.75, 3.05) is 0 Å². The smallest absolute Gasteiger partial charge is 0.184 e. The summed E-state index contributed by atoms with van der Waals surface area (Å²) in [6.45, 7) is 18.6. The Labute approximate surface area is 253 Å². The maximum atomic E-state index is 15.4. The fraction of sp³-hybridized carbons (Fsp3) is 0.553. The molecule has 2 fully saturated rings. The minimum atomic E-state index is -1.81. The summed E-state index contributed by atoms with van der Waals surface area (Å²) in [6.07, 6.45) is 9.71. The van der Waals surface area contributed by atoms with Crippen LogP contribution in [-0.4, -0.2) is 23.5 Å². The van der Waals surface area contributed by atoms with E-state index in [-0.39, 0.29) is 35.3 Å². The van der Waals surface area contributed by atoms with Gasteiger partial charge in [0.1, 0.15) is 11.9 Å². The van der Waals surface area contributed by atoms with E-state index >= 15 is 14.4 Å². The number of hydrogen-bond acceptors (Lipinski definition) is 4. The lowest BCUT2D eigenvalue weighted by molar-refractivity contribution is -0.165. The second-order valence-electron chi connectivity index (χ2n) is 14.2. The van der Waals surface area contributed by atoms with Crippen molar-refractivity contribution in [3.63, 3.8) is 0 Å². The third-order valence-corrected chi connectivity index (χ3v) is 10.1. The number of hydrogen-bond donors (Lipinski definition) is 0. The van der Waals surface area contributed by atoms with Crippen LogP contribution in [0.3, 0.4) is 0 Å². The maximum absolute atomic E-state index is 15.4. The first-order chi connectivity index (χ1) is 19.7. The number of carbonyl (C=O) groups excluding carboxylic acids is 3. The second kappa shape index (κ2) is 11.9. The van der Waals surface area contributed by atoms with Gasteiger partial charge in [-0.1, -0.05) is 86.1 Å². The van der Waals surface area contributed by atoms with E-state index in [1.807, 2.05) is 38.1 Å². The second-order valence-corrected chi connectivity index (χ2v) is 14.2. The van der Waals surface area contributed by atoms with Gasteiger partial charge in [-0.2, -0.15) is 0 Å². The molecule has 4 nitrogen and oxygen atoms in total. The van der Waals surface area contributed by atoms with Crippen LogP contribution < -0.4 is 0 Å². The summed E-state index contributed by atoms with van der Waals surface area (Å²) in [5.74, 6) is -0.232. The molecular formula is C38H50O4. The molecule has 0 amide bonds. The predicted molar refractivity (Wildman–Crippen MR) is 170 cm³/mol. The van der Waals surface area contributed by atoms with Crippen LogP contribution in [-0.2, 0) is 14.3 Å². The summed E-state index contributed by atoms with van der Waals surface area (Å²) in [6, 6.07) is 9.03. The summed E-state index contributed by atoms with van der Waals surface area (Å²) in [4.78, 5) is 45.8. The quantitative estimate of drug-likeness (QED) is 0.160. The van der Waals surface area contributed by atoms with Gasteiger partial charge in [0.05, 0.1) is 5.41 Å². The largest absolute Gasteiger partial charge is 0.493 e. The van der Waals surface area contributed by atoms with Gasteiger partial charge in [0.25, 0.3) is 0 Å². The number of fused-ring (bicyclic) bond motifs is 1. The Balaban J connectivity index is 2.10. The lowest BCUT2D eigenvalue weighted by Gasteiger charge is -2.60. The maximum Gasteiger partial charge on any atom is 0.184 e. The Morgan fingerprint density at radius 2 is 1.55 bits per heavy atom. The molecule has 2 bridgehead atoms. The highest BCUT2D eigenvalue weighted by Gasteiger charge is 2.77. The molecule has 1 saturated carbocycles. The van der Waals surface area contributed by atoms with E-state index in [9.17, 15) is 0 Å². The predicted octanol–water partition coefficient (Wildman–Crippen LogP) is 9.18. The minimum Gasteiger partial charge on any atom is -0.493 e. The molecule has 1 aromatic rings. The molecule has 1 aliphatic heterocycles. The van der Waals surface area contributed by atoms with Gasteiger partial charge >= 0.3 is 0 Å². The van der Waals surface area contributed by atoms with Gasteiger partial charge in [-0.15, -0.1) is 0 Å². The van der Waals surface area contributed by atoms with Crippen molar-refractivity contribution in [2.45, 2.75) is 107 Å². The van der Waals surface area contributed by atoms with Crippen molar-refractivity contribution in [1.82, 2.24) is 0 Å². The summed E-state index contributed by atoms with van der Waals surface area (Å²) >= 11 is 0. The van der Waals surface area contributed by atoms with Crippen LogP contribution in [0.2, 0.25) is 0 Å². The Kier molecular flexibility index (Phi) is 9.07. The molecule has 5 atom stereocenters. The lowest BCUT2D eigenvalue weighted by atomic mass is 9.38. The Bertz CT molecular complexity index is 1360. The van der Waals surface area contributed by atoms with Crippen LogP contribution in [0.25, 0.3) is 0 Å². The first-order valence-corrected chi connectivity index (χ1v) is 15.7. The topological polar surface area (TPSA) is 60.4 Å². The normalized spacial score (nSPS) is 30.0. The molecule has 226 valence electrons. The zero-order chi connectivity index (χ0) is 31.0. The molecule has 2 aliphatic carbocycles. The van der Waals surface area contributed by atoms with E-state index < -0.39 is 16.2 Å². The first kappa shape index (κ1) is 31.9. The molecule has 4 rings (SSSR count). The molecule has 0 N–H and O–H groups in total. The average Bonchev–Trinajstić information content (AvgIpc) is 3.31. The Hall–Kier alpha value is -3.01. The fourth-order valence-electron chi connectivity index (χ4n) is 7.74. The van der Waals surface area contributed by atoms with Crippen LogP contribution in [0.4, 0.5) is 0 Å². The molecule has 1 spiro atoms. The standard InChI is InChI=1S/C38H50O4/c1-24(2)14-13-21-36(9)29(19-17-25(3)4)22-37-23-31(27(7)8)42-34(37)30(20-18-26(5)6)33(40)38(36,35(37)41)32(39)28-15-11-10-12-16-28/h10-12,14-18,27,29,31H,13,19-23H2,1-9H3/t29-,31-,36+,37-,38-/m0/s1. The van der Waals surface area contributed by atoms with Crippen LogP contribution in [0.1, 0.15) is 111 Å². The number of ether oxygens (including phenoxy) is 1. The van der Waals surface area contributed by atoms with E-state index in [0.29, 0.717) is 55.4 Å². The first-order valence-electron chi connectivity index (χ1n) is 15.7. The van der Waals surface area contributed by atoms with E-state index in [0.717, 1.165) is 5.57 Å². The van der Waals surface area contributed by atoms with Crippen molar-refractivity contribution >= 4 is 17.3 Å². The van der Waals surface area contributed by atoms with Crippen molar-refractivity contribution in [2.24, 2.45) is 28.1 Å². The van der Waals surface area contributed by atoms with Gasteiger partial charge in [0.2, 0.25) is 0 Å². The molecule has 1 aromatic carbocycles. The van der Waals surface area contributed by atoms with E-state index in [2.05, 4.69) is 60.6 Å². The van der Waals surface area contributed by atoms with Gasteiger partial charge in [0, 0.05) is 17.6 Å². The monoisotopic (exact) mass is 570 g/mol. The van der Waals surface area contributed by atoms with Gasteiger partial charge in [0.15, 0.2) is 22.8 Å². The highest BCUT2D eigenvalue weighted by Crippen LogP contribution is 2.70. The summed E-state index contributed by atoms with van der Waals surface area (Å²) in [7, 11) is 0. The molecule has 4 heteroatoms. The van der Waals surface area contributed by atoms with Crippen molar-refractivity contribution in [3.05, 3.63) is 82.2 Å². The van der Waals surface area contributed by atoms with Gasteiger partial charge in [-0.3, -0.25) is 14.4 Å². The van der Waals surface area contributed by atoms with Crippen LogP contribution in [0.15, 0.2) is 76.6 Å². The molecule has 0 unspecified atom stereocenters. The number of allylic oxidation sites excluding steroid dienone is 8. The average molecular weight is 571 g/mol. The van der Waals surface area contributed by atoms with Crippen LogP contribution in [0, 0.1) is 28.1 Å². The summed E-state index contributed by atoms with van der Waals surface area (Å²) in [5.41, 5.74) is 0.745. The van der Waals surface area contributed by atoms with Gasteiger partial charge in [-0.05, 0) is 90.9 Å². The highest BCUT2D eigenvalue weighted by atomic mass is 16.5. The molecule has 0 aromatic heterocycles. The van der Waals surface area contributed by atoms with Crippen LogP contribution >= 0.6 is 0 Å². The summed E-state index contributed by atoms with van der Waals surface area (Å²) < 4.78 is 6.65. The third kappa shape index (κ3) is 5.09. The number of carbonyl (C=O) groups is 3. The minimum absolute atomic E-state index is 0.0539. The lowest BCUT2D eigenvalue weighted by Crippen LogP contribution is -2.70. The van der Waals surface area contributed by atoms with Gasteiger partial charge < -0.3 is 4.74 Å². The Morgan fingerprint density at radius 3 is 2.12 bits per heavy atom. The summed E-state index contributed by atoms with van der Waals surface area (Å²) in [5, 5.41) is 0. The molecule has 0 radical (unpaired) electrons. The van der Waals surface area contributed by atoms with E-state index in [1.54, 1.807) is 12.1 Å². The number of ketones is 3. The van der Waals surface area contributed by atoms with E-state index in [4.69, 9.17) is 4.74 Å². The number of benzene rings is 1. The fourth-order valence-corrected chi connectivity index (χ4v) is 7.74. The number of Topliss-reactive ketones (excluding diaryl/α,β-unsaturated/α-hetero) is 3.